The van der Waals surface area contributed by atoms with Gasteiger partial charge in [0.1, 0.15) is 21.1 Å². The Kier molecular flexibility index (Phi) is 5.59. The van der Waals surface area contributed by atoms with Crippen LogP contribution in [0.1, 0.15) is 0 Å². The van der Waals surface area contributed by atoms with Crippen molar-refractivity contribution in [1.29, 1.82) is 0 Å². The van der Waals surface area contributed by atoms with Crippen molar-refractivity contribution in [3.63, 3.8) is 0 Å². The first kappa shape index (κ1) is 19.9. The van der Waals surface area contributed by atoms with Crippen molar-refractivity contribution in [2.75, 3.05) is 11.9 Å². The van der Waals surface area contributed by atoms with E-state index < -0.39 is 0 Å². The summed E-state index contributed by atoms with van der Waals surface area (Å²) in [6.45, 7) is -0.0695. The third-order valence-electron chi connectivity index (χ3n) is 4.89. The smallest absolute Gasteiger partial charge is 0.262 e. The van der Waals surface area contributed by atoms with Crippen molar-refractivity contribution in [2.24, 2.45) is 0 Å². The van der Waals surface area contributed by atoms with Gasteiger partial charge in [0.05, 0.1) is 0 Å². The van der Waals surface area contributed by atoms with Gasteiger partial charge in [-0.15, -0.1) is 0 Å². The monoisotopic (exact) mass is 437 g/mol. The molecule has 5 aromatic rings. The Morgan fingerprint density at radius 2 is 1.62 bits per heavy atom. The Morgan fingerprint density at radius 1 is 0.844 bits per heavy atom. The van der Waals surface area contributed by atoms with Crippen LogP contribution in [0.4, 0.5) is 5.69 Å². The molecule has 0 saturated heterocycles. The third kappa shape index (κ3) is 4.50. The lowest BCUT2D eigenvalue weighted by atomic mass is 10.1. The number of aromatic nitrogens is 2. The molecule has 0 atom stereocenters. The summed E-state index contributed by atoms with van der Waals surface area (Å²) in [5, 5.41) is 3.76. The lowest BCUT2D eigenvalue weighted by molar-refractivity contribution is -0.118. The van der Waals surface area contributed by atoms with E-state index in [4.69, 9.17) is 4.74 Å². The second-order valence-corrected chi connectivity index (χ2v) is 8.13. The van der Waals surface area contributed by atoms with Crippen molar-refractivity contribution in [3.8, 4) is 27.4 Å². The number of carbonyl (C=O) groups is 1. The number of thiazole rings is 1. The molecule has 1 amide bonds. The number of benzene rings is 3. The Bertz CT molecular complexity index is 1330. The van der Waals surface area contributed by atoms with E-state index in [1.807, 2.05) is 78.9 Å². The Labute approximate surface area is 189 Å². The number of rotatable bonds is 6. The van der Waals surface area contributed by atoms with Crippen molar-refractivity contribution in [1.82, 2.24) is 9.97 Å². The molecule has 0 radical (unpaired) electrons. The highest BCUT2D eigenvalue weighted by atomic mass is 32.1. The molecule has 5 nitrogen and oxygen atoms in total. The van der Waals surface area contributed by atoms with Crippen LogP contribution in [-0.4, -0.2) is 22.5 Å². The molecule has 156 valence electrons. The normalized spacial score (nSPS) is 10.8. The maximum Gasteiger partial charge on any atom is 0.262 e. The fraction of sp³-hybridized carbons (Fsp3) is 0.0385. The van der Waals surface area contributed by atoms with Crippen LogP contribution in [0.25, 0.3) is 32.0 Å². The van der Waals surface area contributed by atoms with Gasteiger partial charge in [0.15, 0.2) is 6.61 Å². The van der Waals surface area contributed by atoms with Crippen LogP contribution in [0.15, 0.2) is 97.2 Å². The standard InChI is InChI=1S/C26H19N3O2S/c30-24(17-31-22-13-11-19(12-14-22)18-6-2-1-3-7-18)28-21-9-4-8-20(16-21)25-29-23-10-5-15-27-26(23)32-25/h1-16H,17H2,(H,28,30). The van der Waals surface area contributed by atoms with E-state index in [9.17, 15) is 4.79 Å². The minimum Gasteiger partial charge on any atom is -0.484 e. The lowest BCUT2D eigenvalue weighted by Gasteiger charge is -2.09. The average molecular weight is 438 g/mol. The zero-order valence-corrected chi connectivity index (χ0v) is 17.9. The van der Waals surface area contributed by atoms with Gasteiger partial charge in [-0.3, -0.25) is 4.79 Å². The molecule has 0 saturated carbocycles. The number of hydrogen-bond donors (Lipinski definition) is 1. The van der Waals surface area contributed by atoms with Gasteiger partial charge in [-0.1, -0.05) is 65.9 Å². The van der Waals surface area contributed by atoms with E-state index in [1.165, 1.54) is 11.3 Å². The molecule has 0 spiro atoms. The molecule has 0 fully saturated rings. The minimum absolute atomic E-state index is 0.0695. The number of nitrogens with zero attached hydrogens (tertiary/aromatic N) is 2. The summed E-state index contributed by atoms with van der Waals surface area (Å²) in [6.07, 6.45) is 1.76. The zero-order valence-electron chi connectivity index (χ0n) is 17.1. The van der Waals surface area contributed by atoms with Gasteiger partial charge in [-0.05, 0) is 47.5 Å². The van der Waals surface area contributed by atoms with Crippen molar-refractivity contribution in [2.45, 2.75) is 0 Å². The lowest BCUT2D eigenvalue weighted by Crippen LogP contribution is -2.20. The maximum atomic E-state index is 12.4. The molecule has 0 aliphatic heterocycles. The van der Waals surface area contributed by atoms with Crippen LogP contribution >= 0.6 is 11.3 Å². The van der Waals surface area contributed by atoms with Gasteiger partial charge < -0.3 is 10.1 Å². The van der Waals surface area contributed by atoms with Crippen LogP contribution in [0.3, 0.4) is 0 Å². The summed E-state index contributed by atoms with van der Waals surface area (Å²) in [5.41, 5.74) is 4.74. The Hall–Kier alpha value is -4.03. The Balaban J connectivity index is 1.21. The topological polar surface area (TPSA) is 64.1 Å². The fourth-order valence-electron chi connectivity index (χ4n) is 3.34. The molecular formula is C26H19N3O2S. The van der Waals surface area contributed by atoms with Crippen molar-refractivity contribution < 1.29 is 9.53 Å². The summed E-state index contributed by atoms with van der Waals surface area (Å²) in [6, 6.07) is 29.3. The van der Waals surface area contributed by atoms with E-state index in [1.54, 1.807) is 6.20 Å². The van der Waals surface area contributed by atoms with E-state index in [2.05, 4.69) is 27.4 Å². The number of hydrogen-bond acceptors (Lipinski definition) is 5. The predicted molar refractivity (Wildman–Crippen MR) is 129 cm³/mol. The molecule has 0 unspecified atom stereocenters. The number of fused-ring (bicyclic) bond motifs is 1. The van der Waals surface area contributed by atoms with Gasteiger partial charge in [0.2, 0.25) is 0 Å². The average Bonchev–Trinajstić information content (AvgIpc) is 3.28. The molecule has 2 aromatic heterocycles. The quantitative estimate of drug-likeness (QED) is 0.352. The second-order valence-electron chi connectivity index (χ2n) is 7.15. The van der Waals surface area contributed by atoms with E-state index in [0.29, 0.717) is 11.4 Å². The molecule has 0 bridgehead atoms. The molecular weight excluding hydrogens is 418 g/mol. The van der Waals surface area contributed by atoms with Crippen molar-refractivity contribution in [3.05, 3.63) is 97.2 Å². The molecule has 2 heterocycles. The zero-order chi connectivity index (χ0) is 21.8. The summed E-state index contributed by atoms with van der Waals surface area (Å²) in [4.78, 5) is 22.3. The summed E-state index contributed by atoms with van der Waals surface area (Å²) < 4.78 is 5.66. The number of ether oxygens (including phenoxy) is 1. The van der Waals surface area contributed by atoms with E-state index in [-0.39, 0.29) is 12.5 Å². The third-order valence-corrected chi connectivity index (χ3v) is 5.92. The largest absolute Gasteiger partial charge is 0.484 e. The summed E-state index contributed by atoms with van der Waals surface area (Å²) in [5.74, 6) is 0.427. The second kappa shape index (κ2) is 8.99. The van der Waals surface area contributed by atoms with Gasteiger partial charge in [0, 0.05) is 17.4 Å². The molecule has 32 heavy (non-hydrogen) atoms. The SMILES string of the molecule is O=C(COc1ccc(-c2ccccc2)cc1)Nc1cccc(-c2nc3cccnc3s2)c1. The number of carbonyl (C=O) groups excluding carboxylic acids is 1. The van der Waals surface area contributed by atoms with Crippen LogP contribution in [0, 0.1) is 0 Å². The molecule has 0 aliphatic carbocycles. The summed E-state index contributed by atoms with van der Waals surface area (Å²) >= 11 is 1.53. The molecule has 0 aliphatic rings. The molecule has 1 N–H and O–H groups in total. The number of pyridine rings is 1. The number of anilines is 1. The highest BCUT2D eigenvalue weighted by Gasteiger charge is 2.09. The first-order valence-corrected chi connectivity index (χ1v) is 11.0. The van der Waals surface area contributed by atoms with Crippen LogP contribution in [0.2, 0.25) is 0 Å². The Morgan fingerprint density at radius 3 is 2.44 bits per heavy atom. The predicted octanol–water partition coefficient (Wildman–Crippen LogP) is 6.04. The molecule has 5 rings (SSSR count). The van der Waals surface area contributed by atoms with Crippen LogP contribution in [-0.2, 0) is 4.79 Å². The highest BCUT2D eigenvalue weighted by molar-refractivity contribution is 7.21. The summed E-state index contributed by atoms with van der Waals surface area (Å²) in [7, 11) is 0. The van der Waals surface area contributed by atoms with Gasteiger partial charge in [0.25, 0.3) is 5.91 Å². The van der Waals surface area contributed by atoms with Gasteiger partial charge >= 0.3 is 0 Å². The number of nitrogens with one attached hydrogen (secondary N) is 1. The minimum atomic E-state index is -0.222. The van der Waals surface area contributed by atoms with Crippen LogP contribution < -0.4 is 10.1 Å². The first-order chi connectivity index (χ1) is 15.7. The van der Waals surface area contributed by atoms with Crippen molar-refractivity contribution >= 4 is 33.3 Å². The van der Waals surface area contributed by atoms with E-state index in [0.717, 1.165) is 32.0 Å². The maximum absolute atomic E-state index is 12.4. The molecule has 6 heteroatoms. The van der Waals surface area contributed by atoms with Gasteiger partial charge in [-0.25, -0.2) is 9.97 Å². The first-order valence-electron chi connectivity index (χ1n) is 10.1. The fourth-order valence-corrected chi connectivity index (χ4v) is 4.25. The van der Waals surface area contributed by atoms with Crippen LogP contribution in [0.5, 0.6) is 5.75 Å². The van der Waals surface area contributed by atoms with Gasteiger partial charge in [-0.2, -0.15) is 0 Å². The highest BCUT2D eigenvalue weighted by Crippen LogP contribution is 2.30. The molecule has 3 aromatic carbocycles. The number of amides is 1. The van der Waals surface area contributed by atoms with E-state index >= 15 is 0 Å².